The summed E-state index contributed by atoms with van der Waals surface area (Å²) in [5, 5.41) is 7.14. The van der Waals surface area contributed by atoms with Crippen molar-refractivity contribution < 1.29 is 9.47 Å². The van der Waals surface area contributed by atoms with E-state index in [1.165, 1.54) is 31.2 Å². The summed E-state index contributed by atoms with van der Waals surface area (Å²) in [7, 11) is 3.40. The SMILES string of the molecule is CCNC(=NCC1(C2CC2)CC1)NC1CCN(Cc2cc(OC)cc(OC)c2)C1.I. The van der Waals surface area contributed by atoms with Crippen LogP contribution >= 0.6 is 24.0 Å². The van der Waals surface area contributed by atoms with Crippen molar-refractivity contribution in [3.8, 4) is 11.5 Å². The van der Waals surface area contributed by atoms with Crippen molar-refractivity contribution in [2.45, 2.75) is 51.6 Å². The number of hydrogen-bond acceptors (Lipinski definition) is 4. The van der Waals surface area contributed by atoms with E-state index in [-0.39, 0.29) is 24.0 Å². The maximum absolute atomic E-state index is 5.41. The van der Waals surface area contributed by atoms with Crippen LogP contribution in [0.3, 0.4) is 0 Å². The summed E-state index contributed by atoms with van der Waals surface area (Å²) >= 11 is 0. The van der Waals surface area contributed by atoms with E-state index < -0.39 is 0 Å². The Labute approximate surface area is 198 Å². The molecule has 1 heterocycles. The number of methoxy groups -OCH3 is 2. The first-order valence-corrected chi connectivity index (χ1v) is 11.1. The second-order valence-corrected chi connectivity index (χ2v) is 8.92. The van der Waals surface area contributed by atoms with E-state index in [1.54, 1.807) is 14.2 Å². The quantitative estimate of drug-likeness (QED) is 0.291. The van der Waals surface area contributed by atoms with Crippen molar-refractivity contribution >= 4 is 29.9 Å². The molecule has 2 aliphatic carbocycles. The maximum Gasteiger partial charge on any atom is 0.191 e. The minimum Gasteiger partial charge on any atom is -0.497 e. The van der Waals surface area contributed by atoms with Gasteiger partial charge in [0.25, 0.3) is 0 Å². The minimum atomic E-state index is 0. The smallest absolute Gasteiger partial charge is 0.191 e. The van der Waals surface area contributed by atoms with Gasteiger partial charge in [0, 0.05) is 44.8 Å². The number of rotatable bonds is 9. The molecule has 0 bridgehead atoms. The molecule has 4 rings (SSSR count). The number of benzene rings is 1. The lowest BCUT2D eigenvalue weighted by Gasteiger charge is -2.20. The van der Waals surface area contributed by atoms with E-state index in [0.29, 0.717) is 11.5 Å². The van der Waals surface area contributed by atoms with Crippen molar-refractivity contribution in [3.63, 3.8) is 0 Å². The molecule has 2 N–H and O–H groups in total. The third-order valence-corrected chi connectivity index (χ3v) is 6.66. The zero-order valence-electron chi connectivity index (χ0n) is 18.6. The molecule has 3 fully saturated rings. The number of hydrogen-bond donors (Lipinski definition) is 2. The Morgan fingerprint density at radius 2 is 1.83 bits per heavy atom. The Morgan fingerprint density at radius 3 is 2.40 bits per heavy atom. The van der Waals surface area contributed by atoms with Crippen molar-refractivity contribution in [2.24, 2.45) is 16.3 Å². The fourth-order valence-electron chi connectivity index (χ4n) is 4.61. The van der Waals surface area contributed by atoms with Crippen LogP contribution in [0.15, 0.2) is 23.2 Å². The van der Waals surface area contributed by atoms with Crippen molar-refractivity contribution in [1.82, 2.24) is 15.5 Å². The minimum absolute atomic E-state index is 0. The van der Waals surface area contributed by atoms with Gasteiger partial charge in [0.2, 0.25) is 0 Å². The lowest BCUT2D eigenvalue weighted by atomic mass is 10.0. The Kier molecular flexibility index (Phi) is 8.12. The van der Waals surface area contributed by atoms with Crippen molar-refractivity contribution in [2.75, 3.05) is 40.4 Å². The van der Waals surface area contributed by atoms with Crippen molar-refractivity contribution in [3.05, 3.63) is 23.8 Å². The van der Waals surface area contributed by atoms with Gasteiger partial charge < -0.3 is 20.1 Å². The Balaban J connectivity index is 0.00000256. The van der Waals surface area contributed by atoms with Crippen LogP contribution in [-0.2, 0) is 6.54 Å². The maximum atomic E-state index is 5.41. The van der Waals surface area contributed by atoms with Gasteiger partial charge >= 0.3 is 0 Å². The zero-order chi connectivity index (χ0) is 20.3. The first kappa shape index (κ1) is 23.4. The van der Waals surface area contributed by atoms with Gasteiger partial charge in [-0.2, -0.15) is 0 Å². The molecule has 7 heteroatoms. The zero-order valence-corrected chi connectivity index (χ0v) is 20.9. The van der Waals surface area contributed by atoms with Crippen LogP contribution in [0, 0.1) is 11.3 Å². The standard InChI is InChI=1S/C23H36N4O2.HI/c1-4-24-22(25-16-23(8-9-23)18-5-6-18)26-19-7-10-27(15-19)14-17-11-20(28-2)13-21(12-17)29-3;/h11-13,18-19H,4-10,14-16H2,1-3H3,(H2,24,25,26);1H. The normalized spacial score (nSPS) is 22.9. The Bertz CT molecular complexity index is 712. The van der Waals surface area contributed by atoms with E-state index in [0.717, 1.165) is 62.5 Å². The average molecular weight is 528 g/mol. The summed E-state index contributed by atoms with van der Waals surface area (Å²) in [5.74, 6) is 3.64. The summed E-state index contributed by atoms with van der Waals surface area (Å²) in [6.07, 6.45) is 6.74. The Hall–Kier alpha value is -1.22. The van der Waals surface area contributed by atoms with Crippen LogP contribution in [0.1, 0.15) is 44.6 Å². The number of halogens is 1. The summed E-state index contributed by atoms with van der Waals surface area (Å²) in [6, 6.07) is 6.56. The molecule has 6 nitrogen and oxygen atoms in total. The van der Waals surface area contributed by atoms with Gasteiger partial charge in [0.05, 0.1) is 14.2 Å². The van der Waals surface area contributed by atoms with E-state index in [2.05, 4.69) is 34.6 Å². The molecule has 1 unspecified atom stereocenters. The van der Waals surface area contributed by atoms with Crippen LogP contribution in [0.2, 0.25) is 0 Å². The molecular weight excluding hydrogens is 491 g/mol. The van der Waals surface area contributed by atoms with E-state index >= 15 is 0 Å². The molecule has 30 heavy (non-hydrogen) atoms. The number of guanidine groups is 1. The molecule has 1 aromatic rings. The summed E-state index contributed by atoms with van der Waals surface area (Å²) in [4.78, 5) is 7.46. The summed E-state index contributed by atoms with van der Waals surface area (Å²) < 4.78 is 10.8. The van der Waals surface area contributed by atoms with Gasteiger partial charge in [-0.05, 0) is 68.1 Å². The number of ether oxygens (including phenoxy) is 2. The molecule has 1 saturated heterocycles. The predicted octanol–water partition coefficient (Wildman–Crippen LogP) is 3.64. The molecule has 1 atom stereocenters. The number of nitrogens with zero attached hydrogens (tertiary/aromatic N) is 2. The number of aliphatic imine (C=N–C) groups is 1. The fraction of sp³-hybridized carbons (Fsp3) is 0.696. The fourth-order valence-corrected chi connectivity index (χ4v) is 4.61. The van der Waals surface area contributed by atoms with Gasteiger partial charge in [0.15, 0.2) is 5.96 Å². The van der Waals surface area contributed by atoms with Crippen LogP contribution in [0.4, 0.5) is 0 Å². The summed E-state index contributed by atoms with van der Waals surface area (Å²) in [5.41, 5.74) is 1.78. The topological polar surface area (TPSA) is 58.1 Å². The molecule has 1 aromatic carbocycles. The first-order chi connectivity index (χ1) is 14.1. The molecule has 168 valence electrons. The Morgan fingerprint density at radius 1 is 1.13 bits per heavy atom. The van der Waals surface area contributed by atoms with Gasteiger partial charge in [-0.1, -0.05) is 0 Å². The lowest BCUT2D eigenvalue weighted by molar-refractivity contribution is 0.321. The second-order valence-electron chi connectivity index (χ2n) is 8.92. The molecule has 0 aromatic heterocycles. The number of nitrogens with one attached hydrogen (secondary N) is 2. The van der Waals surface area contributed by atoms with Crippen LogP contribution in [0.5, 0.6) is 11.5 Å². The van der Waals surface area contributed by atoms with Crippen LogP contribution in [-0.4, -0.2) is 57.3 Å². The molecule has 3 aliphatic rings. The molecule has 0 spiro atoms. The molecule has 1 aliphatic heterocycles. The van der Waals surface area contributed by atoms with Crippen LogP contribution < -0.4 is 20.1 Å². The van der Waals surface area contributed by atoms with Crippen molar-refractivity contribution in [1.29, 1.82) is 0 Å². The van der Waals surface area contributed by atoms with E-state index in [1.807, 2.05) is 6.07 Å². The monoisotopic (exact) mass is 528 g/mol. The molecule has 2 saturated carbocycles. The van der Waals surface area contributed by atoms with Gasteiger partial charge in [0.1, 0.15) is 11.5 Å². The highest BCUT2D eigenvalue weighted by atomic mass is 127. The summed E-state index contributed by atoms with van der Waals surface area (Å²) in [6.45, 7) is 7.06. The van der Waals surface area contributed by atoms with E-state index in [4.69, 9.17) is 14.5 Å². The molecular formula is C23H37IN4O2. The van der Waals surface area contributed by atoms with Gasteiger partial charge in [-0.25, -0.2) is 0 Å². The van der Waals surface area contributed by atoms with Gasteiger partial charge in [-0.15, -0.1) is 24.0 Å². The predicted molar refractivity (Wildman–Crippen MR) is 132 cm³/mol. The third kappa shape index (κ3) is 5.93. The highest BCUT2D eigenvalue weighted by Crippen LogP contribution is 2.61. The average Bonchev–Trinajstić information content (AvgIpc) is 3.65. The molecule has 0 amide bonds. The largest absolute Gasteiger partial charge is 0.497 e. The lowest BCUT2D eigenvalue weighted by Crippen LogP contribution is -2.44. The second kappa shape index (κ2) is 10.4. The molecule has 0 radical (unpaired) electrons. The van der Waals surface area contributed by atoms with E-state index in [9.17, 15) is 0 Å². The highest BCUT2D eigenvalue weighted by Gasteiger charge is 2.53. The van der Waals surface area contributed by atoms with Crippen LogP contribution in [0.25, 0.3) is 0 Å². The van der Waals surface area contributed by atoms with Gasteiger partial charge in [-0.3, -0.25) is 9.89 Å². The third-order valence-electron chi connectivity index (χ3n) is 6.66. The first-order valence-electron chi connectivity index (χ1n) is 11.1. The number of likely N-dealkylation sites (tertiary alicyclic amines) is 1. The highest BCUT2D eigenvalue weighted by molar-refractivity contribution is 14.0.